The van der Waals surface area contributed by atoms with Crippen LogP contribution in [0.5, 0.6) is 0 Å². The Hall–Kier alpha value is 0.488. The molecule has 223 valence electrons. The van der Waals surface area contributed by atoms with Gasteiger partial charge in [-0.25, -0.2) is 0 Å². The van der Waals surface area contributed by atoms with Crippen molar-refractivity contribution in [2.45, 2.75) is 153 Å². The summed E-state index contributed by atoms with van der Waals surface area (Å²) in [5.74, 6) is 0. The van der Waals surface area contributed by atoms with Gasteiger partial charge in [0.2, 0.25) is 0 Å². The first-order chi connectivity index (χ1) is 17.7. The van der Waals surface area contributed by atoms with E-state index in [1.54, 1.807) is 0 Å². The van der Waals surface area contributed by atoms with Gasteiger partial charge < -0.3 is 17.3 Å². The summed E-state index contributed by atoms with van der Waals surface area (Å²) in [6.07, 6.45) is 23.5. The predicted molar refractivity (Wildman–Crippen MR) is 161 cm³/mol. The third-order valence-corrected chi connectivity index (χ3v) is 16.3. The molecule has 2 saturated heterocycles. The smallest absolute Gasteiger partial charge is 0.418 e. The van der Waals surface area contributed by atoms with Gasteiger partial charge in [0.25, 0.3) is 0 Å². The summed E-state index contributed by atoms with van der Waals surface area (Å²) in [7, 11) is -5.87. The van der Waals surface area contributed by atoms with Crippen LogP contribution in [0, 0.1) is 0 Å². The molecular formula is C30H52BF4P2Rh-. The van der Waals surface area contributed by atoms with E-state index in [1.165, 1.54) is 103 Å². The molecule has 3 fully saturated rings. The first kappa shape index (κ1) is 36.5. The van der Waals surface area contributed by atoms with E-state index in [4.69, 9.17) is 0 Å². The van der Waals surface area contributed by atoms with Crippen LogP contribution < -0.4 is 10.6 Å². The summed E-state index contributed by atoms with van der Waals surface area (Å²) in [6, 6.07) is 9.79. The minimum Gasteiger partial charge on any atom is -0.418 e. The summed E-state index contributed by atoms with van der Waals surface area (Å²) >= 11 is 0. The normalized spacial score (nSPS) is 26.7. The topological polar surface area (TPSA) is 0 Å². The van der Waals surface area contributed by atoms with E-state index in [0.29, 0.717) is 0 Å². The molecule has 2 aliphatic heterocycles. The van der Waals surface area contributed by atoms with Crippen LogP contribution in [-0.2, 0) is 19.5 Å². The van der Waals surface area contributed by atoms with E-state index < -0.39 is 7.25 Å². The zero-order valence-electron chi connectivity index (χ0n) is 24.2. The maximum absolute atomic E-state index is 9.75. The monoisotopic (exact) mass is 664 g/mol. The van der Waals surface area contributed by atoms with E-state index in [1.807, 2.05) is 10.6 Å². The number of halogens is 4. The van der Waals surface area contributed by atoms with Crippen molar-refractivity contribution in [2.24, 2.45) is 0 Å². The summed E-state index contributed by atoms with van der Waals surface area (Å²) in [6.45, 7) is 9.74. The fraction of sp³-hybridized carbons (Fsp3) is 0.800. The molecule has 0 nitrogen and oxygen atoms in total. The Morgan fingerprint density at radius 2 is 0.763 bits per heavy atom. The average Bonchev–Trinajstić information content (AvgIpc) is 3.46. The second-order valence-electron chi connectivity index (χ2n) is 11.0. The van der Waals surface area contributed by atoms with E-state index in [9.17, 15) is 17.3 Å². The molecule has 0 bridgehead atoms. The van der Waals surface area contributed by atoms with Gasteiger partial charge >= 0.3 is 7.25 Å². The van der Waals surface area contributed by atoms with Crippen molar-refractivity contribution >= 4 is 33.7 Å². The first-order valence-corrected chi connectivity index (χ1v) is 18.2. The third-order valence-electron chi connectivity index (χ3n) is 8.56. The molecule has 2 heterocycles. The van der Waals surface area contributed by atoms with Crippen LogP contribution in [0.2, 0.25) is 0 Å². The molecule has 1 saturated carbocycles. The SMILES string of the molecule is C1CCCCCCC1.CC[C@@H]1CC[C@@H](CC)P1c1ccccc1P1[C@H](CC)CC[C@H]1CC.F[B-](F)(F)F.[Rh]. The van der Waals surface area contributed by atoms with Crippen LogP contribution in [0.4, 0.5) is 17.3 Å². The standard InChI is InChI=1S/C22H36P2.C8H16.BF4.Rh/c1-5-17-13-14-18(6-2)23(17)21-11-9-10-12-22(21)24-19(7-3)15-16-20(24)8-4;1-2-4-6-8-7-5-3-1;2-1(3,4)5;/h9-12,17-20H,5-8,13-16H2,1-4H3;1-8H2;;/q;;-1;/t17-,18-,19-,20-;;;/m1.../s1. The van der Waals surface area contributed by atoms with Crippen LogP contribution in [-0.4, -0.2) is 29.9 Å². The predicted octanol–water partition coefficient (Wildman–Crippen LogP) is 11.0. The summed E-state index contributed by atoms with van der Waals surface area (Å²) < 4.78 is 39.0. The molecule has 4 atom stereocenters. The molecule has 0 aromatic heterocycles. The quantitative estimate of drug-likeness (QED) is 0.161. The van der Waals surface area contributed by atoms with Crippen LogP contribution in [0.1, 0.15) is 130 Å². The second kappa shape index (κ2) is 19.6. The van der Waals surface area contributed by atoms with Gasteiger partial charge in [-0.15, -0.1) is 0 Å². The number of hydrogen-bond acceptors (Lipinski definition) is 0. The molecule has 0 amide bonds. The van der Waals surface area contributed by atoms with Gasteiger partial charge in [-0.05, 0) is 84.6 Å². The number of hydrogen-bond donors (Lipinski definition) is 0. The molecule has 1 radical (unpaired) electrons. The number of benzene rings is 1. The molecule has 1 aromatic rings. The molecule has 1 aliphatic carbocycles. The third kappa shape index (κ3) is 12.2. The Labute approximate surface area is 247 Å². The maximum Gasteiger partial charge on any atom is 0.673 e. The first-order valence-electron chi connectivity index (χ1n) is 15.3. The van der Waals surface area contributed by atoms with Gasteiger partial charge in [0.1, 0.15) is 0 Å². The van der Waals surface area contributed by atoms with Gasteiger partial charge in [0.15, 0.2) is 0 Å². The van der Waals surface area contributed by atoms with E-state index in [0.717, 1.165) is 22.6 Å². The zero-order valence-corrected chi connectivity index (χ0v) is 27.7. The minimum atomic E-state index is -6.00. The van der Waals surface area contributed by atoms with Crippen molar-refractivity contribution in [1.29, 1.82) is 0 Å². The molecular weight excluding hydrogens is 612 g/mol. The molecule has 1 aromatic carbocycles. The van der Waals surface area contributed by atoms with Crippen LogP contribution in [0.3, 0.4) is 0 Å². The Bertz CT molecular complexity index is 650. The Kier molecular flexibility index (Phi) is 18.8. The van der Waals surface area contributed by atoms with Crippen LogP contribution in [0.25, 0.3) is 0 Å². The van der Waals surface area contributed by atoms with Crippen LogP contribution in [0.15, 0.2) is 24.3 Å². The molecule has 3 aliphatic rings. The Morgan fingerprint density at radius 3 is 0.947 bits per heavy atom. The van der Waals surface area contributed by atoms with Crippen molar-refractivity contribution < 1.29 is 36.7 Å². The summed E-state index contributed by atoms with van der Waals surface area (Å²) in [5, 5.41) is 3.68. The summed E-state index contributed by atoms with van der Waals surface area (Å²) in [4.78, 5) is 0. The largest absolute Gasteiger partial charge is 0.673 e. The van der Waals surface area contributed by atoms with Gasteiger partial charge in [0.05, 0.1) is 0 Å². The fourth-order valence-corrected chi connectivity index (χ4v) is 14.6. The van der Waals surface area contributed by atoms with Gasteiger partial charge in [-0.3, -0.25) is 0 Å². The fourth-order valence-electron chi connectivity index (χ4n) is 6.63. The van der Waals surface area contributed by atoms with Gasteiger partial charge in [-0.1, -0.05) is 119 Å². The van der Waals surface area contributed by atoms with Gasteiger partial charge in [-0.2, -0.15) is 0 Å². The molecule has 0 unspecified atom stereocenters. The molecule has 38 heavy (non-hydrogen) atoms. The van der Waals surface area contributed by atoms with Crippen molar-refractivity contribution in [3.63, 3.8) is 0 Å². The zero-order chi connectivity index (χ0) is 27.3. The molecule has 8 heteroatoms. The van der Waals surface area contributed by atoms with Crippen molar-refractivity contribution in [2.75, 3.05) is 0 Å². The summed E-state index contributed by atoms with van der Waals surface area (Å²) in [5.41, 5.74) is 3.96. The second-order valence-corrected chi connectivity index (χ2v) is 16.5. The molecule has 4 rings (SSSR count). The molecule has 0 N–H and O–H groups in total. The Balaban J connectivity index is 0.000000427. The Morgan fingerprint density at radius 1 is 0.553 bits per heavy atom. The maximum atomic E-state index is 9.75. The average molecular weight is 664 g/mol. The van der Waals surface area contributed by atoms with Crippen LogP contribution >= 0.6 is 15.8 Å². The van der Waals surface area contributed by atoms with E-state index in [-0.39, 0.29) is 35.3 Å². The van der Waals surface area contributed by atoms with Crippen molar-refractivity contribution in [1.82, 2.24) is 0 Å². The van der Waals surface area contributed by atoms with Gasteiger partial charge in [0, 0.05) is 19.5 Å². The van der Waals surface area contributed by atoms with Crippen molar-refractivity contribution in [3.8, 4) is 0 Å². The number of rotatable bonds is 6. The molecule has 0 spiro atoms. The van der Waals surface area contributed by atoms with E-state index >= 15 is 0 Å². The van der Waals surface area contributed by atoms with E-state index in [2.05, 4.69) is 52.0 Å². The van der Waals surface area contributed by atoms with Crippen molar-refractivity contribution in [3.05, 3.63) is 24.3 Å². The minimum absolute atomic E-state index is 0.